The molecule has 0 aliphatic carbocycles. The summed E-state index contributed by atoms with van der Waals surface area (Å²) < 4.78 is 0. The maximum absolute atomic E-state index is 8.98. The van der Waals surface area contributed by atoms with Gasteiger partial charge in [-0.3, -0.25) is 0 Å². The molecule has 23 heavy (non-hydrogen) atoms. The van der Waals surface area contributed by atoms with Crippen molar-refractivity contribution in [3.8, 4) is 0 Å². The molecule has 0 unspecified atom stereocenters. The second-order valence-corrected chi connectivity index (χ2v) is 7.05. The molecule has 3 heteroatoms. The van der Waals surface area contributed by atoms with Crippen molar-refractivity contribution in [3.05, 3.63) is 0 Å². The second-order valence-electron chi connectivity index (χ2n) is 7.05. The first kappa shape index (κ1) is 22.9. The minimum absolute atomic E-state index is 0.102. The fraction of sp³-hybridized carbons (Fsp3) is 1.00. The number of rotatable bonds is 19. The first-order valence-corrected chi connectivity index (χ1v) is 10.2. The van der Waals surface area contributed by atoms with Crippen LogP contribution in [-0.4, -0.2) is 35.1 Å². The third-order valence-corrected chi connectivity index (χ3v) is 4.79. The van der Waals surface area contributed by atoms with Crippen LogP contribution < -0.4 is 0 Å². The molecule has 0 spiro atoms. The molecule has 0 atom stereocenters. The Morgan fingerprint density at radius 1 is 0.391 bits per heavy atom. The lowest BCUT2D eigenvalue weighted by Gasteiger charge is -2.09. The topological polar surface area (TPSA) is 60.7 Å². The van der Waals surface area contributed by atoms with Gasteiger partial charge in [-0.2, -0.15) is 0 Å². The zero-order chi connectivity index (χ0) is 17.0. The molecule has 0 aromatic heterocycles. The summed E-state index contributed by atoms with van der Waals surface area (Å²) in [6.07, 6.45) is 20.5. The largest absolute Gasteiger partial charge is 0.396 e. The fourth-order valence-corrected chi connectivity index (χ4v) is 3.08. The number of unbranched alkanes of at least 4 members (excludes halogenated alkanes) is 14. The van der Waals surface area contributed by atoms with Gasteiger partial charge in [0.2, 0.25) is 0 Å². The quantitative estimate of drug-likeness (QED) is 0.298. The van der Waals surface area contributed by atoms with Crippen molar-refractivity contribution >= 4 is 0 Å². The average molecular weight is 331 g/mol. The van der Waals surface area contributed by atoms with E-state index in [1.807, 2.05) is 0 Å². The van der Waals surface area contributed by atoms with Crippen LogP contribution in [0.15, 0.2) is 0 Å². The van der Waals surface area contributed by atoms with Crippen molar-refractivity contribution in [2.75, 3.05) is 19.8 Å². The molecule has 0 saturated heterocycles. The lowest BCUT2D eigenvalue weighted by molar-refractivity contribution is 0.141. The summed E-state index contributed by atoms with van der Waals surface area (Å²) in [5, 5.41) is 26.7. The molecule has 140 valence electrons. The van der Waals surface area contributed by atoms with E-state index in [1.54, 1.807) is 0 Å². The summed E-state index contributed by atoms with van der Waals surface area (Å²) in [6.45, 7) is 0.601. The Hall–Kier alpha value is -0.120. The molecule has 0 aromatic carbocycles. The molecule has 0 aromatic rings. The molecule has 0 amide bonds. The van der Waals surface area contributed by atoms with Crippen molar-refractivity contribution in [2.45, 2.75) is 103 Å². The van der Waals surface area contributed by atoms with E-state index >= 15 is 0 Å². The van der Waals surface area contributed by atoms with Crippen molar-refractivity contribution in [1.29, 1.82) is 0 Å². The first-order chi connectivity index (χ1) is 11.3. The molecule has 0 heterocycles. The molecule has 0 radical (unpaired) electrons. The minimum Gasteiger partial charge on any atom is -0.396 e. The van der Waals surface area contributed by atoms with E-state index in [-0.39, 0.29) is 19.1 Å². The molecule has 0 saturated carbocycles. The van der Waals surface area contributed by atoms with Crippen LogP contribution in [0, 0.1) is 5.92 Å². The van der Waals surface area contributed by atoms with Gasteiger partial charge in [-0.05, 0) is 12.8 Å². The highest BCUT2D eigenvalue weighted by atomic mass is 16.3. The molecule has 3 nitrogen and oxygen atoms in total. The Kier molecular flexibility index (Phi) is 19.8. The second kappa shape index (κ2) is 19.9. The molecule has 0 aliphatic heterocycles. The van der Waals surface area contributed by atoms with Gasteiger partial charge in [-0.25, -0.2) is 0 Å². The highest BCUT2D eigenvalue weighted by molar-refractivity contribution is 4.56. The predicted octanol–water partition coefficient (Wildman–Crippen LogP) is 4.82. The van der Waals surface area contributed by atoms with E-state index in [0.29, 0.717) is 6.61 Å². The van der Waals surface area contributed by atoms with Gasteiger partial charge < -0.3 is 15.3 Å². The first-order valence-electron chi connectivity index (χ1n) is 10.2. The van der Waals surface area contributed by atoms with E-state index < -0.39 is 0 Å². The Balaban J connectivity index is 3.02. The van der Waals surface area contributed by atoms with Gasteiger partial charge >= 0.3 is 0 Å². The van der Waals surface area contributed by atoms with Gasteiger partial charge in [0.05, 0.1) is 0 Å². The van der Waals surface area contributed by atoms with Crippen LogP contribution in [0.5, 0.6) is 0 Å². The molecular formula is C20H42O3. The highest BCUT2D eigenvalue weighted by Gasteiger charge is 2.04. The monoisotopic (exact) mass is 330 g/mol. The zero-order valence-electron chi connectivity index (χ0n) is 15.4. The molecule has 0 aliphatic rings. The average Bonchev–Trinajstić information content (AvgIpc) is 2.58. The van der Waals surface area contributed by atoms with Crippen LogP contribution in [0.3, 0.4) is 0 Å². The van der Waals surface area contributed by atoms with Crippen LogP contribution in [0.4, 0.5) is 0 Å². The summed E-state index contributed by atoms with van der Waals surface area (Å²) >= 11 is 0. The van der Waals surface area contributed by atoms with Crippen LogP contribution >= 0.6 is 0 Å². The predicted molar refractivity (Wildman–Crippen MR) is 98.6 cm³/mol. The molecular weight excluding hydrogens is 288 g/mol. The van der Waals surface area contributed by atoms with Gasteiger partial charge in [0, 0.05) is 25.7 Å². The lowest BCUT2D eigenvalue weighted by atomic mass is 10.0. The van der Waals surface area contributed by atoms with Crippen LogP contribution in [-0.2, 0) is 0 Å². The highest BCUT2D eigenvalue weighted by Crippen LogP contribution is 2.14. The Bertz CT molecular complexity index is 205. The Morgan fingerprint density at radius 3 is 1.00 bits per heavy atom. The summed E-state index contributed by atoms with van der Waals surface area (Å²) in [4.78, 5) is 0. The lowest BCUT2D eigenvalue weighted by Crippen LogP contribution is -2.10. The van der Waals surface area contributed by atoms with E-state index in [9.17, 15) is 0 Å². The number of hydrogen-bond acceptors (Lipinski definition) is 3. The van der Waals surface area contributed by atoms with Crippen LogP contribution in [0.2, 0.25) is 0 Å². The number of aliphatic hydroxyl groups excluding tert-OH is 3. The number of aliphatic hydroxyl groups is 3. The zero-order valence-corrected chi connectivity index (χ0v) is 15.4. The SMILES string of the molecule is OCCCCCCCCCCCCCCCCCC(CO)CO. The molecule has 0 fully saturated rings. The molecule has 0 bridgehead atoms. The maximum Gasteiger partial charge on any atom is 0.0481 e. The summed E-state index contributed by atoms with van der Waals surface area (Å²) in [5.41, 5.74) is 0. The fourth-order valence-electron chi connectivity index (χ4n) is 3.08. The summed E-state index contributed by atoms with van der Waals surface area (Å²) in [7, 11) is 0. The summed E-state index contributed by atoms with van der Waals surface area (Å²) in [6, 6.07) is 0. The summed E-state index contributed by atoms with van der Waals surface area (Å²) in [5.74, 6) is 0.102. The Morgan fingerprint density at radius 2 is 0.696 bits per heavy atom. The molecule has 3 N–H and O–H groups in total. The van der Waals surface area contributed by atoms with E-state index in [1.165, 1.54) is 83.5 Å². The van der Waals surface area contributed by atoms with Crippen molar-refractivity contribution in [1.82, 2.24) is 0 Å². The molecule has 0 rings (SSSR count). The van der Waals surface area contributed by atoms with Crippen molar-refractivity contribution in [3.63, 3.8) is 0 Å². The van der Waals surface area contributed by atoms with Gasteiger partial charge in [-0.1, -0.05) is 89.9 Å². The Labute approximate surface area is 144 Å². The van der Waals surface area contributed by atoms with Gasteiger partial charge in [-0.15, -0.1) is 0 Å². The van der Waals surface area contributed by atoms with Crippen molar-refractivity contribution in [2.24, 2.45) is 5.92 Å². The van der Waals surface area contributed by atoms with Crippen molar-refractivity contribution < 1.29 is 15.3 Å². The van der Waals surface area contributed by atoms with Crippen LogP contribution in [0.25, 0.3) is 0 Å². The normalized spacial score (nSPS) is 11.5. The number of hydrogen-bond donors (Lipinski definition) is 3. The maximum atomic E-state index is 8.98. The van der Waals surface area contributed by atoms with Gasteiger partial charge in [0.15, 0.2) is 0 Å². The van der Waals surface area contributed by atoms with Gasteiger partial charge in [0.25, 0.3) is 0 Å². The standard InChI is InChI=1S/C20H42O3/c21-17-15-13-11-9-7-5-3-1-2-4-6-8-10-12-14-16-20(18-22)19-23/h20-23H,1-19H2. The minimum atomic E-state index is 0.102. The van der Waals surface area contributed by atoms with Gasteiger partial charge in [0.1, 0.15) is 0 Å². The van der Waals surface area contributed by atoms with Crippen LogP contribution in [0.1, 0.15) is 103 Å². The third-order valence-electron chi connectivity index (χ3n) is 4.79. The smallest absolute Gasteiger partial charge is 0.0481 e. The van der Waals surface area contributed by atoms with E-state index in [2.05, 4.69) is 0 Å². The van der Waals surface area contributed by atoms with E-state index in [4.69, 9.17) is 15.3 Å². The third kappa shape index (κ3) is 18.1. The van der Waals surface area contributed by atoms with E-state index in [0.717, 1.165) is 19.3 Å².